The maximum Gasteiger partial charge on any atom is 0.416 e. The number of primary amides is 1. The minimum absolute atomic E-state index is 0.0995. The van der Waals surface area contributed by atoms with Crippen LogP contribution >= 0.6 is 0 Å². The molecule has 0 aromatic heterocycles. The molecule has 1 amide bonds. The van der Waals surface area contributed by atoms with E-state index in [1.54, 1.807) is 0 Å². The number of carbonyl (C=O) groups excluding carboxylic acids is 1. The largest absolute Gasteiger partial charge is 0.416 e. The average Bonchev–Trinajstić information content (AvgIpc) is 2.72. The Morgan fingerprint density at radius 3 is 2.19 bits per heavy atom. The lowest BCUT2D eigenvalue weighted by Gasteiger charge is -2.42. The molecule has 0 aliphatic heterocycles. The second kappa shape index (κ2) is 9.90. The summed E-state index contributed by atoms with van der Waals surface area (Å²) in [5.74, 6) is -0.599. The topological polar surface area (TPSA) is 80.5 Å². The summed E-state index contributed by atoms with van der Waals surface area (Å²) in [6.45, 7) is 0.225. The minimum atomic E-state index is -4.58. The number of alkyl halides is 3. The van der Waals surface area contributed by atoms with Gasteiger partial charge in [0, 0.05) is 12.1 Å². The van der Waals surface area contributed by atoms with E-state index in [0.717, 1.165) is 56.7 Å². The van der Waals surface area contributed by atoms with Crippen molar-refractivity contribution >= 4 is 15.7 Å². The number of nitrogens with two attached hydrogens (primary N) is 1. The highest BCUT2D eigenvalue weighted by Gasteiger charge is 2.35. The molecule has 2 saturated carbocycles. The molecule has 1 aromatic carbocycles. The van der Waals surface area contributed by atoms with Crippen molar-refractivity contribution < 1.29 is 26.4 Å². The van der Waals surface area contributed by atoms with Crippen molar-refractivity contribution in [2.45, 2.75) is 80.9 Å². The van der Waals surface area contributed by atoms with E-state index < -0.39 is 21.6 Å². The summed E-state index contributed by atoms with van der Waals surface area (Å²) < 4.78 is 64.3. The van der Waals surface area contributed by atoms with Crippen LogP contribution in [0.5, 0.6) is 0 Å². The van der Waals surface area contributed by atoms with Crippen molar-refractivity contribution in [3.8, 4) is 0 Å². The van der Waals surface area contributed by atoms with E-state index in [1.807, 2.05) is 0 Å². The van der Waals surface area contributed by atoms with Crippen molar-refractivity contribution in [3.05, 3.63) is 29.8 Å². The highest BCUT2D eigenvalue weighted by atomic mass is 32.2. The second-order valence-electron chi connectivity index (χ2n) is 8.91. The first kappa shape index (κ1) is 24.0. The molecular weight excluding hydrogens is 429 g/mol. The lowest BCUT2D eigenvalue weighted by atomic mass is 9.84. The first-order chi connectivity index (χ1) is 14.6. The Morgan fingerprint density at radius 2 is 1.61 bits per heavy atom. The van der Waals surface area contributed by atoms with Crippen LogP contribution in [-0.4, -0.2) is 43.6 Å². The van der Waals surface area contributed by atoms with Gasteiger partial charge in [-0.25, -0.2) is 8.42 Å². The molecule has 0 radical (unpaired) electrons. The Kier molecular flexibility index (Phi) is 7.68. The zero-order chi connectivity index (χ0) is 22.6. The van der Waals surface area contributed by atoms with Gasteiger partial charge in [0.15, 0.2) is 9.84 Å². The van der Waals surface area contributed by atoms with Crippen LogP contribution in [0.3, 0.4) is 0 Å². The normalized spacial score (nSPS) is 23.7. The predicted octanol–water partition coefficient (Wildman–Crippen LogP) is 4.16. The smallest absolute Gasteiger partial charge is 0.369 e. The second-order valence-corrected chi connectivity index (χ2v) is 10.9. The molecule has 0 heterocycles. The van der Waals surface area contributed by atoms with Crippen molar-refractivity contribution in [2.24, 2.45) is 11.7 Å². The van der Waals surface area contributed by atoms with Crippen LogP contribution in [0.2, 0.25) is 0 Å². The lowest BCUT2D eigenvalue weighted by molar-refractivity contribution is -0.137. The number of carbonyl (C=O) groups is 1. The molecule has 0 spiro atoms. The maximum atomic E-state index is 12.9. The van der Waals surface area contributed by atoms with Gasteiger partial charge in [-0.05, 0) is 62.6 Å². The molecule has 31 heavy (non-hydrogen) atoms. The summed E-state index contributed by atoms with van der Waals surface area (Å²) in [5.41, 5.74) is 4.53. The quantitative estimate of drug-likeness (QED) is 0.663. The zero-order valence-electron chi connectivity index (χ0n) is 17.6. The molecule has 0 unspecified atom stereocenters. The summed E-state index contributed by atoms with van der Waals surface area (Å²) in [5, 5.41) is 0. The molecular formula is C22H31F3N2O3S. The van der Waals surface area contributed by atoms with E-state index in [-0.39, 0.29) is 35.1 Å². The first-order valence-corrected chi connectivity index (χ1v) is 12.7. The third-order valence-corrected chi connectivity index (χ3v) is 8.53. The fourth-order valence-electron chi connectivity index (χ4n) is 5.06. The standard InChI is InChI=1S/C22H31F3N2O3S/c23-22(24,25)17-5-4-8-20(13-17)31(29,30)15-16-9-11-19(12-10-16)27(14-21(26)28)18-6-2-1-3-7-18/h4-5,8,13,16,18-19H,1-3,6-7,9-12,14-15H2,(H2,26,28). The molecule has 3 rings (SSSR count). The molecule has 0 saturated heterocycles. The van der Waals surface area contributed by atoms with Crippen molar-refractivity contribution in [1.29, 1.82) is 0 Å². The molecule has 0 bridgehead atoms. The molecule has 5 nitrogen and oxygen atoms in total. The third kappa shape index (κ3) is 6.44. The van der Waals surface area contributed by atoms with E-state index in [2.05, 4.69) is 4.90 Å². The number of rotatable bonds is 7. The van der Waals surface area contributed by atoms with Crippen LogP contribution in [0.25, 0.3) is 0 Å². The van der Waals surface area contributed by atoms with E-state index in [1.165, 1.54) is 12.5 Å². The highest BCUT2D eigenvalue weighted by Crippen LogP contribution is 2.35. The summed E-state index contributed by atoms with van der Waals surface area (Å²) in [6.07, 6.45) is 3.91. The van der Waals surface area contributed by atoms with Crippen molar-refractivity contribution in [2.75, 3.05) is 12.3 Å². The molecule has 1 aromatic rings. The lowest BCUT2D eigenvalue weighted by Crippen LogP contribution is -2.49. The molecule has 2 N–H and O–H groups in total. The fourth-order valence-corrected chi connectivity index (χ4v) is 6.80. The predicted molar refractivity (Wildman–Crippen MR) is 112 cm³/mol. The van der Waals surface area contributed by atoms with Gasteiger partial charge in [0.1, 0.15) is 0 Å². The summed E-state index contributed by atoms with van der Waals surface area (Å²) in [7, 11) is -3.81. The maximum absolute atomic E-state index is 12.9. The van der Waals surface area contributed by atoms with Gasteiger partial charge >= 0.3 is 6.18 Å². The Hall–Kier alpha value is -1.61. The Balaban J connectivity index is 1.62. The van der Waals surface area contributed by atoms with Gasteiger partial charge in [-0.1, -0.05) is 25.3 Å². The van der Waals surface area contributed by atoms with Gasteiger partial charge in [-0.3, -0.25) is 9.69 Å². The van der Waals surface area contributed by atoms with Gasteiger partial charge in [0.25, 0.3) is 0 Å². The zero-order valence-corrected chi connectivity index (χ0v) is 18.4. The molecule has 9 heteroatoms. The average molecular weight is 461 g/mol. The van der Waals surface area contributed by atoms with E-state index in [0.29, 0.717) is 18.9 Å². The number of benzene rings is 1. The third-order valence-electron chi connectivity index (χ3n) is 6.64. The van der Waals surface area contributed by atoms with Crippen molar-refractivity contribution in [3.63, 3.8) is 0 Å². The number of sulfone groups is 1. The monoisotopic (exact) mass is 460 g/mol. The SMILES string of the molecule is NC(=O)CN(C1CCCCC1)C1CCC(CS(=O)(=O)c2cccc(C(F)(F)F)c2)CC1. The van der Waals surface area contributed by atoms with Gasteiger partial charge in [-0.15, -0.1) is 0 Å². The van der Waals surface area contributed by atoms with Crippen LogP contribution < -0.4 is 5.73 Å². The van der Waals surface area contributed by atoms with Gasteiger partial charge in [0.2, 0.25) is 5.91 Å². The van der Waals surface area contributed by atoms with E-state index in [4.69, 9.17) is 5.73 Å². The van der Waals surface area contributed by atoms with Crippen LogP contribution in [0.1, 0.15) is 63.4 Å². The molecule has 0 atom stereocenters. The molecule has 2 aliphatic rings. The van der Waals surface area contributed by atoms with Gasteiger partial charge in [-0.2, -0.15) is 13.2 Å². The number of nitrogens with zero attached hydrogens (tertiary/aromatic N) is 1. The Morgan fingerprint density at radius 1 is 1.00 bits per heavy atom. The van der Waals surface area contributed by atoms with Crippen molar-refractivity contribution in [1.82, 2.24) is 4.90 Å². The van der Waals surface area contributed by atoms with E-state index in [9.17, 15) is 26.4 Å². The van der Waals surface area contributed by atoms with Crippen LogP contribution in [0.15, 0.2) is 29.2 Å². The van der Waals surface area contributed by atoms with Crippen LogP contribution in [-0.2, 0) is 20.8 Å². The molecule has 2 aliphatic carbocycles. The Labute approximate surface area is 182 Å². The van der Waals surface area contributed by atoms with Crippen LogP contribution in [0, 0.1) is 5.92 Å². The molecule has 174 valence electrons. The summed E-state index contributed by atoms with van der Waals surface area (Å²) >= 11 is 0. The van der Waals surface area contributed by atoms with E-state index >= 15 is 0 Å². The summed E-state index contributed by atoms with van der Waals surface area (Å²) in [6, 6.07) is 4.51. The molecule has 2 fully saturated rings. The Bertz CT molecular complexity index is 859. The number of hydrogen-bond acceptors (Lipinski definition) is 4. The highest BCUT2D eigenvalue weighted by molar-refractivity contribution is 7.91. The minimum Gasteiger partial charge on any atom is -0.369 e. The number of amides is 1. The van der Waals surface area contributed by atoms with Gasteiger partial charge < -0.3 is 5.73 Å². The first-order valence-electron chi connectivity index (χ1n) is 11.0. The van der Waals surface area contributed by atoms with Crippen LogP contribution in [0.4, 0.5) is 13.2 Å². The number of hydrogen-bond donors (Lipinski definition) is 1. The fraction of sp³-hybridized carbons (Fsp3) is 0.682. The summed E-state index contributed by atoms with van der Waals surface area (Å²) in [4.78, 5) is 13.6. The number of halogens is 3. The van der Waals surface area contributed by atoms with Gasteiger partial charge in [0.05, 0.1) is 22.8 Å².